The van der Waals surface area contributed by atoms with E-state index in [1.165, 1.54) is 11.1 Å². The fourth-order valence-electron chi connectivity index (χ4n) is 1.66. The van der Waals surface area contributed by atoms with Crippen LogP contribution in [0.4, 0.5) is 0 Å². The van der Waals surface area contributed by atoms with Gasteiger partial charge in [-0.2, -0.15) is 0 Å². The van der Waals surface area contributed by atoms with Crippen LogP contribution in [-0.4, -0.2) is 17.1 Å². The van der Waals surface area contributed by atoms with Gasteiger partial charge in [-0.1, -0.05) is 24.3 Å². The molecule has 0 aliphatic carbocycles. The lowest BCUT2D eigenvalue weighted by Gasteiger charge is -2.06. The number of hydrogen-bond acceptors (Lipinski definition) is 2. The van der Waals surface area contributed by atoms with Gasteiger partial charge in [0.15, 0.2) is 0 Å². The molecule has 1 atom stereocenters. The fourth-order valence-corrected chi connectivity index (χ4v) is 1.66. The third-order valence-corrected chi connectivity index (χ3v) is 2.44. The smallest absolute Gasteiger partial charge is 0.303 e. The summed E-state index contributed by atoms with van der Waals surface area (Å²) in [4.78, 5) is 10.4. The Hall–Kier alpha value is -1.06. The number of benzene rings is 1. The molecule has 1 aromatic carbocycles. The maximum atomic E-state index is 10.4. The fraction of sp³-hybridized carbons (Fsp3) is 0.462. The molecule has 96 valence electrons. The Kier molecular flexibility index (Phi) is 7.59. The third-order valence-electron chi connectivity index (χ3n) is 2.44. The van der Waals surface area contributed by atoms with E-state index in [1.807, 2.05) is 6.92 Å². The predicted octanol–water partition coefficient (Wildman–Crippen LogP) is 2.41. The number of rotatable bonds is 6. The average molecular weight is 258 g/mol. The molecule has 0 radical (unpaired) electrons. The van der Waals surface area contributed by atoms with Crippen LogP contribution >= 0.6 is 12.4 Å². The normalized spacial score (nSPS) is 11.6. The third kappa shape index (κ3) is 6.97. The van der Waals surface area contributed by atoms with Gasteiger partial charge in [-0.25, -0.2) is 0 Å². The Morgan fingerprint density at radius 3 is 2.29 bits per heavy atom. The van der Waals surface area contributed by atoms with Crippen LogP contribution in [0.25, 0.3) is 0 Å². The molecule has 0 heterocycles. The zero-order valence-electron chi connectivity index (χ0n) is 10.1. The first-order chi connectivity index (χ1) is 7.58. The summed E-state index contributed by atoms with van der Waals surface area (Å²) in [6.45, 7) is 1.99. The standard InChI is InChI=1S/C13H19NO2.ClH/c1-10(14)9-12-7-5-11(6-8-12)3-2-4-13(15)16;/h5-8,10H,2-4,9,14H2,1H3,(H,15,16);1H. The molecule has 0 aliphatic heterocycles. The van der Waals surface area contributed by atoms with Gasteiger partial charge in [0.2, 0.25) is 0 Å². The maximum absolute atomic E-state index is 10.4. The van der Waals surface area contributed by atoms with Crippen molar-refractivity contribution in [2.75, 3.05) is 0 Å². The van der Waals surface area contributed by atoms with Gasteiger partial charge in [0.1, 0.15) is 0 Å². The molecule has 0 amide bonds. The van der Waals surface area contributed by atoms with Crippen LogP contribution in [-0.2, 0) is 17.6 Å². The van der Waals surface area contributed by atoms with E-state index in [1.54, 1.807) is 0 Å². The summed E-state index contributed by atoms with van der Waals surface area (Å²) in [5, 5.41) is 8.52. The molecular weight excluding hydrogens is 238 g/mol. The average Bonchev–Trinajstić information content (AvgIpc) is 2.19. The summed E-state index contributed by atoms with van der Waals surface area (Å²) < 4.78 is 0. The van der Waals surface area contributed by atoms with E-state index in [4.69, 9.17) is 10.8 Å². The molecule has 0 spiro atoms. The number of carboxylic acids is 1. The Morgan fingerprint density at radius 2 is 1.82 bits per heavy atom. The van der Waals surface area contributed by atoms with Crippen LogP contribution in [0.1, 0.15) is 30.9 Å². The number of carboxylic acid groups (broad SMARTS) is 1. The van der Waals surface area contributed by atoms with Crippen molar-refractivity contribution in [1.29, 1.82) is 0 Å². The lowest BCUT2D eigenvalue weighted by Crippen LogP contribution is -2.17. The molecule has 1 aromatic rings. The molecule has 0 aliphatic rings. The van der Waals surface area contributed by atoms with Crippen LogP contribution in [0.3, 0.4) is 0 Å². The van der Waals surface area contributed by atoms with Gasteiger partial charge < -0.3 is 10.8 Å². The van der Waals surface area contributed by atoms with E-state index in [2.05, 4.69) is 24.3 Å². The lowest BCUT2D eigenvalue weighted by molar-refractivity contribution is -0.137. The SMILES string of the molecule is CC(N)Cc1ccc(CCCC(=O)O)cc1.Cl. The van der Waals surface area contributed by atoms with E-state index < -0.39 is 5.97 Å². The highest BCUT2D eigenvalue weighted by atomic mass is 35.5. The molecule has 3 nitrogen and oxygen atoms in total. The van der Waals surface area contributed by atoms with Crippen LogP contribution in [0, 0.1) is 0 Å². The van der Waals surface area contributed by atoms with Crippen LogP contribution in [0.5, 0.6) is 0 Å². The molecule has 0 saturated carbocycles. The predicted molar refractivity (Wildman–Crippen MR) is 71.6 cm³/mol. The highest BCUT2D eigenvalue weighted by Gasteiger charge is 2.00. The van der Waals surface area contributed by atoms with Crippen molar-refractivity contribution < 1.29 is 9.90 Å². The van der Waals surface area contributed by atoms with Gasteiger partial charge in [0.25, 0.3) is 0 Å². The Morgan fingerprint density at radius 1 is 1.29 bits per heavy atom. The van der Waals surface area contributed by atoms with Crippen molar-refractivity contribution in [1.82, 2.24) is 0 Å². The quantitative estimate of drug-likeness (QED) is 0.823. The molecule has 3 N–H and O–H groups in total. The maximum Gasteiger partial charge on any atom is 0.303 e. The second-order valence-electron chi connectivity index (χ2n) is 4.25. The minimum atomic E-state index is -0.728. The molecule has 17 heavy (non-hydrogen) atoms. The Labute approximate surface area is 108 Å². The minimum absolute atomic E-state index is 0. The number of hydrogen-bond donors (Lipinski definition) is 2. The molecule has 0 bridgehead atoms. The number of nitrogens with two attached hydrogens (primary N) is 1. The van der Waals surface area contributed by atoms with Gasteiger partial charge in [-0.15, -0.1) is 12.4 Å². The van der Waals surface area contributed by atoms with Gasteiger partial charge in [-0.3, -0.25) is 4.79 Å². The summed E-state index contributed by atoms with van der Waals surface area (Å²) in [7, 11) is 0. The van der Waals surface area contributed by atoms with Crippen molar-refractivity contribution in [2.45, 2.75) is 38.6 Å². The molecule has 1 rings (SSSR count). The Balaban J connectivity index is 0.00000256. The topological polar surface area (TPSA) is 63.3 Å². The molecular formula is C13H20ClNO2. The minimum Gasteiger partial charge on any atom is -0.481 e. The first-order valence-electron chi connectivity index (χ1n) is 5.63. The zero-order chi connectivity index (χ0) is 12.0. The van der Waals surface area contributed by atoms with Crippen molar-refractivity contribution >= 4 is 18.4 Å². The summed E-state index contributed by atoms with van der Waals surface area (Å²) in [5.41, 5.74) is 8.13. The van der Waals surface area contributed by atoms with E-state index in [0.29, 0.717) is 6.42 Å². The van der Waals surface area contributed by atoms with E-state index in [0.717, 1.165) is 12.8 Å². The summed E-state index contributed by atoms with van der Waals surface area (Å²) in [6, 6.07) is 8.43. The molecule has 4 heteroatoms. The first-order valence-corrected chi connectivity index (χ1v) is 5.63. The van der Waals surface area contributed by atoms with Crippen molar-refractivity contribution in [3.8, 4) is 0 Å². The van der Waals surface area contributed by atoms with Crippen molar-refractivity contribution in [2.24, 2.45) is 5.73 Å². The largest absolute Gasteiger partial charge is 0.481 e. The Bertz CT molecular complexity index is 336. The van der Waals surface area contributed by atoms with Crippen LogP contribution in [0.15, 0.2) is 24.3 Å². The number of halogens is 1. The highest BCUT2D eigenvalue weighted by Crippen LogP contribution is 2.09. The summed E-state index contributed by atoms with van der Waals surface area (Å²) in [5.74, 6) is -0.728. The van der Waals surface area contributed by atoms with E-state index in [9.17, 15) is 4.79 Å². The molecule has 0 fully saturated rings. The summed E-state index contributed by atoms with van der Waals surface area (Å²) in [6.07, 6.45) is 2.64. The zero-order valence-corrected chi connectivity index (χ0v) is 10.9. The lowest BCUT2D eigenvalue weighted by atomic mass is 10.0. The highest BCUT2D eigenvalue weighted by molar-refractivity contribution is 5.85. The van der Waals surface area contributed by atoms with Crippen LogP contribution < -0.4 is 5.73 Å². The van der Waals surface area contributed by atoms with Crippen LogP contribution in [0.2, 0.25) is 0 Å². The number of aryl methyl sites for hydroxylation is 1. The monoisotopic (exact) mass is 257 g/mol. The van der Waals surface area contributed by atoms with Gasteiger partial charge in [-0.05, 0) is 37.3 Å². The van der Waals surface area contributed by atoms with Gasteiger partial charge in [0, 0.05) is 12.5 Å². The first kappa shape index (κ1) is 15.9. The molecule has 0 aromatic heterocycles. The summed E-state index contributed by atoms with van der Waals surface area (Å²) >= 11 is 0. The van der Waals surface area contributed by atoms with Gasteiger partial charge >= 0.3 is 5.97 Å². The van der Waals surface area contributed by atoms with Gasteiger partial charge in [0.05, 0.1) is 0 Å². The second-order valence-corrected chi connectivity index (χ2v) is 4.25. The second kappa shape index (κ2) is 8.09. The number of aliphatic carboxylic acids is 1. The number of carbonyl (C=O) groups is 1. The van der Waals surface area contributed by atoms with E-state index >= 15 is 0 Å². The van der Waals surface area contributed by atoms with Crippen molar-refractivity contribution in [3.05, 3.63) is 35.4 Å². The molecule has 0 saturated heterocycles. The van der Waals surface area contributed by atoms with Crippen molar-refractivity contribution in [3.63, 3.8) is 0 Å². The molecule has 1 unspecified atom stereocenters. The van der Waals surface area contributed by atoms with E-state index in [-0.39, 0.29) is 24.9 Å².